The second kappa shape index (κ2) is 55.2. The third-order valence-electron chi connectivity index (χ3n) is 12.9. The van der Waals surface area contributed by atoms with E-state index in [-0.39, 0.29) is 31.1 Å². The lowest BCUT2D eigenvalue weighted by atomic mass is 10.0. The van der Waals surface area contributed by atoms with E-state index < -0.39 is 6.10 Å². The zero-order valence-electron chi connectivity index (χ0n) is 44.2. The molecule has 0 aliphatic heterocycles. The van der Waals surface area contributed by atoms with Crippen LogP contribution in [0.25, 0.3) is 0 Å². The van der Waals surface area contributed by atoms with E-state index in [0.717, 1.165) is 83.5 Å². The molecule has 0 saturated carbocycles. The van der Waals surface area contributed by atoms with E-state index in [9.17, 15) is 14.4 Å². The topological polar surface area (TPSA) is 78.9 Å². The molecule has 6 nitrogen and oxygen atoms in total. The fourth-order valence-corrected chi connectivity index (χ4v) is 8.58. The number of ether oxygens (including phenoxy) is 3. The average Bonchev–Trinajstić information content (AvgIpc) is 3.31. The molecule has 0 aromatic rings. The van der Waals surface area contributed by atoms with Crippen molar-refractivity contribution in [3.8, 4) is 0 Å². The van der Waals surface area contributed by atoms with Gasteiger partial charge in [-0.05, 0) is 51.4 Å². The third-order valence-corrected chi connectivity index (χ3v) is 12.9. The van der Waals surface area contributed by atoms with Gasteiger partial charge in [0, 0.05) is 19.3 Å². The predicted molar refractivity (Wildman–Crippen MR) is 284 cm³/mol. The van der Waals surface area contributed by atoms with Crippen LogP contribution in [-0.2, 0) is 28.6 Å². The molecule has 0 aliphatic rings. The SMILES string of the molecule is CC/C=C\C/C=C\C/C=C\CCCCCC(=O)OCC(COC(=O)CCCCCCCCCCCCCCCCCCCCCCC)OC(=O)CCCCCCCCCCCCCCCC. The van der Waals surface area contributed by atoms with Gasteiger partial charge in [0.25, 0.3) is 0 Å². The van der Waals surface area contributed by atoms with E-state index in [1.54, 1.807) is 0 Å². The first kappa shape index (κ1) is 63.6. The molecule has 0 aliphatic carbocycles. The Morgan fingerprint density at radius 2 is 0.591 bits per heavy atom. The molecule has 1 unspecified atom stereocenters. The van der Waals surface area contributed by atoms with Crippen LogP contribution in [0.4, 0.5) is 0 Å². The first-order valence-corrected chi connectivity index (χ1v) is 29.0. The van der Waals surface area contributed by atoms with Crippen LogP contribution in [0.2, 0.25) is 0 Å². The Morgan fingerprint density at radius 1 is 0.318 bits per heavy atom. The molecule has 0 aromatic heterocycles. The fraction of sp³-hybridized carbons (Fsp3) is 0.850. The molecule has 386 valence electrons. The molecule has 0 bridgehead atoms. The van der Waals surface area contributed by atoms with Gasteiger partial charge in [-0.2, -0.15) is 0 Å². The van der Waals surface area contributed by atoms with Gasteiger partial charge in [-0.1, -0.05) is 276 Å². The van der Waals surface area contributed by atoms with E-state index >= 15 is 0 Å². The number of carbonyl (C=O) groups excluding carboxylic acids is 3. The maximum Gasteiger partial charge on any atom is 0.306 e. The molecule has 6 heteroatoms. The van der Waals surface area contributed by atoms with Crippen molar-refractivity contribution in [1.29, 1.82) is 0 Å². The predicted octanol–water partition coefficient (Wildman–Crippen LogP) is 19.3. The molecule has 0 heterocycles. The lowest BCUT2D eigenvalue weighted by Crippen LogP contribution is -2.30. The number of carbonyl (C=O) groups is 3. The van der Waals surface area contributed by atoms with E-state index in [0.29, 0.717) is 19.3 Å². The maximum atomic E-state index is 12.8. The third kappa shape index (κ3) is 52.6. The highest BCUT2D eigenvalue weighted by Gasteiger charge is 2.19. The monoisotopic (exact) mass is 927 g/mol. The van der Waals surface area contributed by atoms with Crippen LogP contribution >= 0.6 is 0 Å². The largest absolute Gasteiger partial charge is 0.462 e. The summed E-state index contributed by atoms with van der Waals surface area (Å²) in [5, 5.41) is 0. The molecule has 0 amide bonds. The summed E-state index contributed by atoms with van der Waals surface area (Å²) in [5.74, 6) is -0.889. The lowest BCUT2D eigenvalue weighted by molar-refractivity contribution is -0.167. The molecule has 1 atom stereocenters. The van der Waals surface area contributed by atoms with Gasteiger partial charge in [-0.3, -0.25) is 14.4 Å². The Bertz CT molecular complexity index is 1110. The van der Waals surface area contributed by atoms with Crippen molar-refractivity contribution >= 4 is 17.9 Å². The van der Waals surface area contributed by atoms with Gasteiger partial charge >= 0.3 is 17.9 Å². The fourth-order valence-electron chi connectivity index (χ4n) is 8.58. The number of allylic oxidation sites excluding steroid dienone is 6. The minimum absolute atomic E-state index is 0.0766. The van der Waals surface area contributed by atoms with E-state index in [1.165, 1.54) is 186 Å². The lowest BCUT2D eigenvalue weighted by Gasteiger charge is -2.18. The van der Waals surface area contributed by atoms with E-state index in [1.807, 2.05) is 0 Å². The van der Waals surface area contributed by atoms with Crippen molar-refractivity contribution in [3.63, 3.8) is 0 Å². The minimum atomic E-state index is -0.779. The van der Waals surface area contributed by atoms with E-state index in [2.05, 4.69) is 57.2 Å². The number of esters is 3. The van der Waals surface area contributed by atoms with Crippen molar-refractivity contribution in [2.24, 2.45) is 0 Å². The Labute approximate surface area is 410 Å². The van der Waals surface area contributed by atoms with Crippen molar-refractivity contribution in [3.05, 3.63) is 36.5 Å². The van der Waals surface area contributed by atoms with Gasteiger partial charge in [-0.25, -0.2) is 0 Å². The van der Waals surface area contributed by atoms with Crippen molar-refractivity contribution < 1.29 is 28.6 Å². The summed E-state index contributed by atoms with van der Waals surface area (Å²) in [6, 6.07) is 0. The van der Waals surface area contributed by atoms with Gasteiger partial charge in [0.05, 0.1) is 0 Å². The van der Waals surface area contributed by atoms with Gasteiger partial charge in [0.2, 0.25) is 0 Å². The van der Waals surface area contributed by atoms with Crippen molar-refractivity contribution in [2.45, 2.75) is 316 Å². The van der Waals surface area contributed by atoms with Crippen LogP contribution in [0.5, 0.6) is 0 Å². The Balaban J connectivity index is 4.28. The maximum absolute atomic E-state index is 12.8. The minimum Gasteiger partial charge on any atom is -0.462 e. The molecule has 0 rings (SSSR count). The molecule has 0 N–H and O–H groups in total. The summed E-state index contributed by atoms with van der Waals surface area (Å²) in [5.41, 5.74) is 0. The number of hydrogen-bond acceptors (Lipinski definition) is 6. The molecule has 0 radical (unpaired) electrons. The normalized spacial score (nSPS) is 12.2. The highest BCUT2D eigenvalue weighted by molar-refractivity contribution is 5.71. The summed E-state index contributed by atoms with van der Waals surface area (Å²) in [7, 11) is 0. The standard InChI is InChI=1S/C60H110O6/c1-4-7-10-13-16-19-22-25-27-28-29-30-31-32-33-36-38-41-44-47-50-53-59(62)65-56-57(55-64-58(61)52-49-46-43-40-37-34-24-21-18-15-12-9-6-3)66-60(63)54-51-48-45-42-39-35-26-23-20-17-14-11-8-5-2/h9,12,18,21,34,37,57H,4-8,10-11,13-17,19-20,22-33,35-36,38-56H2,1-3H3/b12-9-,21-18-,37-34-. The van der Waals surface area contributed by atoms with Gasteiger partial charge in [0.15, 0.2) is 6.10 Å². The second-order valence-corrected chi connectivity index (χ2v) is 19.5. The summed E-state index contributed by atoms with van der Waals surface area (Å²) in [6.45, 7) is 6.55. The van der Waals surface area contributed by atoms with Crippen LogP contribution in [0.1, 0.15) is 310 Å². The Kier molecular flexibility index (Phi) is 53.2. The zero-order valence-corrected chi connectivity index (χ0v) is 44.2. The Morgan fingerprint density at radius 3 is 0.924 bits per heavy atom. The Hall–Kier alpha value is -2.37. The molecular formula is C60H110O6. The van der Waals surface area contributed by atoms with Crippen LogP contribution in [0, 0.1) is 0 Å². The number of unbranched alkanes of at least 4 members (excludes halogenated alkanes) is 36. The summed E-state index contributed by atoms with van der Waals surface area (Å²) < 4.78 is 16.8. The van der Waals surface area contributed by atoms with Gasteiger partial charge in [0.1, 0.15) is 13.2 Å². The van der Waals surface area contributed by atoms with Crippen LogP contribution < -0.4 is 0 Å². The van der Waals surface area contributed by atoms with E-state index in [4.69, 9.17) is 14.2 Å². The molecule has 66 heavy (non-hydrogen) atoms. The molecule has 0 fully saturated rings. The molecule has 0 saturated heterocycles. The highest BCUT2D eigenvalue weighted by atomic mass is 16.6. The van der Waals surface area contributed by atoms with Crippen LogP contribution in [-0.4, -0.2) is 37.2 Å². The molecule has 0 aromatic carbocycles. The zero-order chi connectivity index (χ0) is 47.9. The van der Waals surface area contributed by atoms with Gasteiger partial charge in [-0.15, -0.1) is 0 Å². The molecular weight excluding hydrogens is 817 g/mol. The number of rotatable bonds is 53. The quantitative estimate of drug-likeness (QED) is 0.0262. The van der Waals surface area contributed by atoms with Crippen molar-refractivity contribution in [2.75, 3.05) is 13.2 Å². The summed E-state index contributed by atoms with van der Waals surface area (Å²) in [6.07, 6.45) is 65.7. The second-order valence-electron chi connectivity index (χ2n) is 19.5. The summed E-state index contributed by atoms with van der Waals surface area (Å²) >= 11 is 0. The van der Waals surface area contributed by atoms with Crippen molar-refractivity contribution in [1.82, 2.24) is 0 Å². The first-order chi connectivity index (χ1) is 32.5. The highest BCUT2D eigenvalue weighted by Crippen LogP contribution is 2.17. The average molecular weight is 928 g/mol. The smallest absolute Gasteiger partial charge is 0.306 e. The summed E-state index contributed by atoms with van der Waals surface area (Å²) in [4.78, 5) is 38.1. The van der Waals surface area contributed by atoms with Crippen LogP contribution in [0.15, 0.2) is 36.5 Å². The van der Waals surface area contributed by atoms with Gasteiger partial charge < -0.3 is 14.2 Å². The molecule has 0 spiro atoms. The number of hydrogen-bond donors (Lipinski definition) is 0. The van der Waals surface area contributed by atoms with Crippen LogP contribution in [0.3, 0.4) is 0 Å². The first-order valence-electron chi connectivity index (χ1n) is 29.0.